The van der Waals surface area contributed by atoms with Crippen molar-refractivity contribution in [1.82, 2.24) is 14.7 Å². The predicted octanol–water partition coefficient (Wildman–Crippen LogP) is -0.192. The van der Waals surface area contributed by atoms with Gasteiger partial charge in [0.25, 0.3) is 0 Å². The van der Waals surface area contributed by atoms with Crippen LogP contribution in [0.1, 0.15) is 20.3 Å². The van der Waals surface area contributed by atoms with Gasteiger partial charge >= 0.3 is 0 Å². The molecule has 1 spiro atoms. The Bertz CT molecular complexity index is 494. The predicted molar refractivity (Wildman–Crippen MR) is 84.6 cm³/mol. The Hall–Kier alpha value is -1.63. The summed E-state index contributed by atoms with van der Waals surface area (Å²) in [7, 11) is 3.27. The van der Waals surface area contributed by atoms with Crippen molar-refractivity contribution in [2.24, 2.45) is 11.3 Å². The Balaban J connectivity index is 2.24. The summed E-state index contributed by atoms with van der Waals surface area (Å²) in [4.78, 5) is 42.0. The van der Waals surface area contributed by atoms with Gasteiger partial charge in [-0.1, -0.05) is 13.8 Å². The summed E-state index contributed by atoms with van der Waals surface area (Å²) >= 11 is 0. The van der Waals surface area contributed by atoms with Crippen LogP contribution < -0.4 is 0 Å². The molecule has 2 fully saturated rings. The molecule has 2 rings (SSSR count). The summed E-state index contributed by atoms with van der Waals surface area (Å²) in [6.07, 6.45) is 0.377. The number of carbonyl (C=O) groups is 3. The van der Waals surface area contributed by atoms with Gasteiger partial charge in [-0.05, 0) is 0 Å². The van der Waals surface area contributed by atoms with Crippen molar-refractivity contribution in [3.05, 3.63) is 0 Å². The van der Waals surface area contributed by atoms with Gasteiger partial charge in [0.15, 0.2) is 0 Å². The number of amides is 3. The Labute approximate surface area is 137 Å². The number of nitrogens with zero attached hydrogens (tertiary/aromatic N) is 3. The first-order valence-corrected chi connectivity index (χ1v) is 8.07. The summed E-state index contributed by atoms with van der Waals surface area (Å²) in [5.74, 6) is -0.0359. The molecule has 0 bridgehead atoms. The highest BCUT2D eigenvalue weighted by atomic mass is 16.5. The van der Waals surface area contributed by atoms with Gasteiger partial charge in [0.2, 0.25) is 17.7 Å². The zero-order valence-electron chi connectivity index (χ0n) is 14.5. The monoisotopic (exact) mass is 325 g/mol. The van der Waals surface area contributed by atoms with Crippen LogP contribution in [0.25, 0.3) is 0 Å². The molecule has 0 aromatic heterocycles. The SMILES string of the molecule is COCC(=O)N1CCN(C(=O)C(C)C)CC2(CC(=O)N(C)C2)C1. The first-order chi connectivity index (χ1) is 10.8. The Morgan fingerprint density at radius 3 is 2.30 bits per heavy atom. The number of methoxy groups -OCH3 is 1. The smallest absolute Gasteiger partial charge is 0.248 e. The fraction of sp³-hybridized carbons (Fsp3) is 0.812. The molecule has 130 valence electrons. The molecule has 7 heteroatoms. The summed E-state index contributed by atoms with van der Waals surface area (Å²) in [5.41, 5.74) is -0.379. The van der Waals surface area contributed by atoms with Crippen molar-refractivity contribution in [2.75, 3.05) is 53.5 Å². The van der Waals surface area contributed by atoms with Gasteiger partial charge in [-0.2, -0.15) is 0 Å². The van der Waals surface area contributed by atoms with Crippen molar-refractivity contribution in [2.45, 2.75) is 20.3 Å². The van der Waals surface area contributed by atoms with E-state index in [9.17, 15) is 14.4 Å². The van der Waals surface area contributed by atoms with Gasteiger partial charge in [-0.15, -0.1) is 0 Å². The minimum Gasteiger partial charge on any atom is -0.375 e. The average molecular weight is 325 g/mol. The molecule has 0 aliphatic carbocycles. The number of carbonyl (C=O) groups excluding carboxylic acids is 3. The van der Waals surface area contributed by atoms with Crippen LogP contribution in [0.2, 0.25) is 0 Å². The molecule has 1 atom stereocenters. The molecule has 2 aliphatic heterocycles. The van der Waals surface area contributed by atoms with E-state index in [-0.39, 0.29) is 35.7 Å². The standard InChI is InChI=1S/C16H27N3O4/c1-12(2)15(22)19-6-5-18(14(21)8-23-4)10-16(11-19)7-13(20)17(3)9-16/h12H,5-11H2,1-4H3. The van der Waals surface area contributed by atoms with Crippen LogP contribution in [0.3, 0.4) is 0 Å². The van der Waals surface area contributed by atoms with Gasteiger partial charge in [0.05, 0.1) is 0 Å². The highest BCUT2D eigenvalue weighted by molar-refractivity contribution is 5.82. The summed E-state index contributed by atoms with van der Waals surface area (Å²) < 4.78 is 4.95. The van der Waals surface area contributed by atoms with Crippen molar-refractivity contribution < 1.29 is 19.1 Å². The molecule has 23 heavy (non-hydrogen) atoms. The number of rotatable bonds is 3. The second kappa shape index (κ2) is 6.86. The summed E-state index contributed by atoms with van der Waals surface area (Å²) in [6.45, 7) is 6.36. The molecule has 0 aromatic carbocycles. The van der Waals surface area contributed by atoms with E-state index in [4.69, 9.17) is 4.74 Å². The lowest BCUT2D eigenvalue weighted by molar-refractivity contribution is -0.137. The van der Waals surface area contributed by atoms with E-state index in [2.05, 4.69) is 0 Å². The molecule has 2 aliphatic rings. The van der Waals surface area contributed by atoms with Gasteiger partial charge in [0.1, 0.15) is 6.61 Å². The zero-order chi connectivity index (χ0) is 17.2. The van der Waals surface area contributed by atoms with E-state index in [0.29, 0.717) is 39.1 Å². The maximum Gasteiger partial charge on any atom is 0.248 e. The first kappa shape index (κ1) is 17.7. The van der Waals surface area contributed by atoms with Gasteiger partial charge in [0, 0.05) is 64.6 Å². The van der Waals surface area contributed by atoms with E-state index in [1.54, 1.807) is 16.8 Å². The molecule has 0 aromatic rings. The van der Waals surface area contributed by atoms with Crippen LogP contribution in [0.5, 0.6) is 0 Å². The van der Waals surface area contributed by atoms with Crippen molar-refractivity contribution in [3.8, 4) is 0 Å². The van der Waals surface area contributed by atoms with E-state index in [1.807, 2.05) is 18.7 Å². The Morgan fingerprint density at radius 2 is 1.78 bits per heavy atom. The molecule has 7 nitrogen and oxygen atoms in total. The molecule has 3 amide bonds. The quantitative estimate of drug-likeness (QED) is 0.721. The molecule has 0 saturated carbocycles. The fourth-order valence-electron chi connectivity index (χ4n) is 3.55. The van der Waals surface area contributed by atoms with Crippen LogP contribution in [-0.4, -0.2) is 85.9 Å². The number of ether oxygens (including phenoxy) is 1. The minimum absolute atomic E-state index is 0.0258. The van der Waals surface area contributed by atoms with Crippen LogP contribution >= 0.6 is 0 Å². The minimum atomic E-state index is -0.379. The molecular weight excluding hydrogens is 298 g/mol. The molecule has 0 radical (unpaired) electrons. The van der Waals surface area contributed by atoms with Crippen molar-refractivity contribution in [1.29, 1.82) is 0 Å². The van der Waals surface area contributed by atoms with Gasteiger partial charge in [-0.25, -0.2) is 0 Å². The summed E-state index contributed by atoms with van der Waals surface area (Å²) in [6, 6.07) is 0. The summed E-state index contributed by atoms with van der Waals surface area (Å²) in [5, 5.41) is 0. The van der Waals surface area contributed by atoms with Crippen LogP contribution in [-0.2, 0) is 19.1 Å². The lowest BCUT2D eigenvalue weighted by Crippen LogP contribution is -2.46. The number of hydrogen-bond acceptors (Lipinski definition) is 4. The van der Waals surface area contributed by atoms with Crippen molar-refractivity contribution in [3.63, 3.8) is 0 Å². The molecule has 0 N–H and O–H groups in total. The van der Waals surface area contributed by atoms with E-state index < -0.39 is 0 Å². The molecule has 2 saturated heterocycles. The second-order valence-corrected chi connectivity index (χ2v) is 7.09. The van der Waals surface area contributed by atoms with Crippen LogP contribution in [0.15, 0.2) is 0 Å². The Morgan fingerprint density at radius 1 is 1.17 bits per heavy atom. The third-order valence-corrected chi connectivity index (χ3v) is 4.64. The highest BCUT2D eigenvalue weighted by Crippen LogP contribution is 2.34. The zero-order valence-corrected chi connectivity index (χ0v) is 14.5. The molecule has 1 unspecified atom stereocenters. The largest absolute Gasteiger partial charge is 0.375 e. The van der Waals surface area contributed by atoms with Gasteiger partial charge < -0.3 is 19.4 Å². The third-order valence-electron chi connectivity index (χ3n) is 4.64. The first-order valence-electron chi connectivity index (χ1n) is 8.07. The van der Waals surface area contributed by atoms with Crippen LogP contribution in [0.4, 0.5) is 0 Å². The van der Waals surface area contributed by atoms with Gasteiger partial charge in [-0.3, -0.25) is 14.4 Å². The topological polar surface area (TPSA) is 70.2 Å². The Kier molecular flexibility index (Phi) is 5.29. The lowest BCUT2D eigenvalue weighted by Gasteiger charge is -2.33. The number of likely N-dealkylation sites (tertiary alicyclic amines) is 1. The highest BCUT2D eigenvalue weighted by Gasteiger charge is 2.47. The maximum atomic E-state index is 12.5. The van der Waals surface area contributed by atoms with E-state index >= 15 is 0 Å². The number of hydrogen-bond donors (Lipinski definition) is 0. The molecule has 2 heterocycles. The van der Waals surface area contributed by atoms with E-state index in [0.717, 1.165) is 0 Å². The second-order valence-electron chi connectivity index (χ2n) is 7.09. The molecular formula is C16H27N3O4. The normalized spacial score (nSPS) is 25.4. The van der Waals surface area contributed by atoms with E-state index in [1.165, 1.54) is 7.11 Å². The third kappa shape index (κ3) is 3.83. The maximum absolute atomic E-state index is 12.5. The van der Waals surface area contributed by atoms with Crippen LogP contribution in [0, 0.1) is 11.3 Å². The van der Waals surface area contributed by atoms with Crippen molar-refractivity contribution >= 4 is 17.7 Å². The lowest BCUT2D eigenvalue weighted by atomic mass is 9.85. The average Bonchev–Trinajstić information content (AvgIpc) is 2.65. The fourth-order valence-corrected chi connectivity index (χ4v) is 3.55.